The first-order chi connectivity index (χ1) is 13.6. The van der Waals surface area contributed by atoms with Crippen LogP contribution in [0.25, 0.3) is 0 Å². The predicted octanol–water partition coefficient (Wildman–Crippen LogP) is 1.33. The van der Waals surface area contributed by atoms with Crippen LogP contribution in [0.1, 0.15) is 40.3 Å². The highest BCUT2D eigenvalue weighted by molar-refractivity contribution is 5.94. The van der Waals surface area contributed by atoms with Crippen LogP contribution in [-0.4, -0.2) is 36.3 Å². The molecule has 0 fully saturated rings. The van der Waals surface area contributed by atoms with Gasteiger partial charge in [0.25, 0.3) is 5.91 Å². The highest BCUT2D eigenvalue weighted by Crippen LogP contribution is 2.13. The van der Waals surface area contributed by atoms with Crippen molar-refractivity contribution in [2.75, 3.05) is 0 Å². The fraction of sp³-hybridized carbons (Fsp3) is 0.350. The molecule has 4 rings (SSSR count). The minimum Gasteiger partial charge on any atom is -0.349 e. The Morgan fingerprint density at radius 2 is 2.14 bits per heavy atom. The summed E-state index contributed by atoms with van der Waals surface area (Å²) in [6.07, 6.45) is 7.11. The van der Waals surface area contributed by atoms with Crippen LogP contribution in [0.5, 0.6) is 0 Å². The van der Waals surface area contributed by atoms with E-state index < -0.39 is 0 Å². The molecular formula is C20H22N6O2. The summed E-state index contributed by atoms with van der Waals surface area (Å²) in [7, 11) is 0. The monoisotopic (exact) mass is 378 g/mol. The first-order valence-electron chi connectivity index (χ1n) is 9.39. The van der Waals surface area contributed by atoms with Crippen LogP contribution < -0.4 is 11.0 Å². The summed E-state index contributed by atoms with van der Waals surface area (Å²) in [5.41, 5.74) is 2.24. The van der Waals surface area contributed by atoms with Gasteiger partial charge in [0.15, 0.2) is 0 Å². The van der Waals surface area contributed by atoms with Gasteiger partial charge >= 0.3 is 5.69 Å². The zero-order valence-electron chi connectivity index (χ0n) is 15.7. The summed E-state index contributed by atoms with van der Waals surface area (Å²) >= 11 is 0. The van der Waals surface area contributed by atoms with Crippen molar-refractivity contribution in [3.05, 3.63) is 76.0 Å². The molecule has 8 nitrogen and oxygen atoms in total. The average molecular weight is 378 g/mol. The standard InChI is InChI=1S/C20H22N6O2/c1-14-4-5-16(12-22-14)19(27)23-17-6-7-18-24-26(20(28)25(18)10-8-17)13-15-3-2-9-21-11-15/h2-5,9,11-12,17H,6-8,10,13H2,1H3,(H,23,27). The number of nitrogens with one attached hydrogen (secondary N) is 1. The molecule has 0 spiro atoms. The number of nitrogens with zero attached hydrogens (tertiary/aromatic N) is 5. The number of carbonyl (C=O) groups is 1. The molecule has 0 aliphatic carbocycles. The van der Waals surface area contributed by atoms with Crippen molar-refractivity contribution in [3.63, 3.8) is 0 Å². The Balaban J connectivity index is 1.42. The Bertz CT molecular complexity index is 1020. The quantitative estimate of drug-likeness (QED) is 0.739. The molecule has 0 aromatic carbocycles. The molecule has 3 aromatic heterocycles. The van der Waals surface area contributed by atoms with Crippen LogP contribution in [0, 0.1) is 6.92 Å². The molecule has 0 bridgehead atoms. The molecule has 0 saturated heterocycles. The third-order valence-electron chi connectivity index (χ3n) is 4.98. The molecule has 0 saturated carbocycles. The number of rotatable bonds is 4. The summed E-state index contributed by atoms with van der Waals surface area (Å²) in [4.78, 5) is 33.4. The van der Waals surface area contributed by atoms with E-state index in [2.05, 4.69) is 20.4 Å². The second-order valence-corrected chi connectivity index (χ2v) is 7.06. The molecule has 0 radical (unpaired) electrons. The van der Waals surface area contributed by atoms with Gasteiger partial charge in [0.1, 0.15) is 5.82 Å². The SMILES string of the molecule is Cc1ccc(C(=O)NC2CCc3nn(Cc4cccnc4)c(=O)n3CC2)cn1. The van der Waals surface area contributed by atoms with Crippen LogP contribution in [-0.2, 0) is 19.5 Å². The molecule has 1 N–H and O–H groups in total. The summed E-state index contributed by atoms with van der Waals surface area (Å²) in [6.45, 7) is 2.83. The maximum Gasteiger partial charge on any atom is 0.346 e. The Kier molecular flexibility index (Phi) is 5.01. The fourth-order valence-corrected chi connectivity index (χ4v) is 3.41. The number of amides is 1. The van der Waals surface area contributed by atoms with E-state index in [9.17, 15) is 9.59 Å². The lowest BCUT2D eigenvalue weighted by Crippen LogP contribution is -2.36. The molecule has 1 aliphatic heterocycles. The minimum atomic E-state index is -0.133. The fourth-order valence-electron chi connectivity index (χ4n) is 3.41. The van der Waals surface area contributed by atoms with Crippen molar-refractivity contribution in [3.8, 4) is 0 Å². The molecule has 28 heavy (non-hydrogen) atoms. The first-order valence-corrected chi connectivity index (χ1v) is 9.39. The van der Waals surface area contributed by atoms with E-state index in [-0.39, 0.29) is 17.6 Å². The normalized spacial score (nSPS) is 16.2. The smallest absolute Gasteiger partial charge is 0.346 e. The van der Waals surface area contributed by atoms with E-state index in [4.69, 9.17) is 0 Å². The van der Waals surface area contributed by atoms with Gasteiger partial charge in [-0.2, -0.15) is 5.10 Å². The summed E-state index contributed by atoms with van der Waals surface area (Å²) < 4.78 is 3.21. The molecule has 4 heterocycles. The Morgan fingerprint density at radius 1 is 1.25 bits per heavy atom. The van der Waals surface area contributed by atoms with Crippen LogP contribution >= 0.6 is 0 Å². The largest absolute Gasteiger partial charge is 0.349 e. The van der Waals surface area contributed by atoms with Crippen LogP contribution in [0.2, 0.25) is 0 Å². The van der Waals surface area contributed by atoms with Gasteiger partial charge in [-0.15, -0.1) is 0 Å². The number of hydrogen-bond acceptors (Lipinski definition) is 5. The molecule has 8 heteroatoms. The van der Waals surface area contributed by atoms with Gasteiger partial charge in [-0.3, -0.25) is 19.3 Å². The van der Waals surface area contributed by atoms with E-state index in [1.54, 1.807) is 29.2 Å². The van der Waals surface area contributed by atoms with Crippen LogP contribution in [0.15, 0.2) is 47.7 Å². The number of pyridine rings is 2. The number of hydrogen-bond donors (Lipinski definition) is 1. The molecule has 1 amide bonds. The van der Waals surface area contributed by atoms with Gasteiger partial charge in [0.05, 0.1) is 12.1 Å². The maximum absolute atomic E-state index is 12.7. The Labute approximate surface area is 162 Å². The third-order valence-corrected chi connectivity index (χ3v) is 4.98. The van der Waals surface area contributed by atoms with Gasteiger partial charge < -0.3 is 5.32 Å². The topological polar surface area (TPSA) is 94.7 Å². The van der Waals surface area contributed by atoms with E-state index >= 15 is 0 Å². The van der Waals surface area contributed by atoms with Crippen molar-refractivity contribution in [1.82, 2.24) is 29.6 Å². The van der Waals surface area contributed by atoms with E-state index in [1.807, 2.05) is 25.1 Å². The van der Waals surface area contributed by atoms with E-state index in [0.717, 1.165) is 23.5 Å². The van der Waals surface area contributed by atoms with Gasteiger partial charge in [0, 0.05) is 43.3 Å². The second-order valence-electron chi connectivity index (χ2n) is 7.06. The first kappa shape index (κ1) is 18.1. The van der Waals surface area contributed by atoms with Crippen LogP contribution in [0.3, 0.4) is 0 Å². The van der Waals surface area contributed by atoms with Gasteiger partial charge in [-0.1, -0.05) is 6.07 Å². The lowest BCUT2D eigenvalue weighted by molar-refractivity contribution is 0.0932. The van der Waals surface area contributed by atoms with Crippen LogP contribution in [0.4, 0.5) is 0 Å². The number of carbonyl (C=O) groups excluding carboxylic acids is 1. The minimum absolute atomic E-state index is 0.00155. The number of aromatic nitrogens is 5. The predicted molar refractivity (Wildman–Crippen MR) is 103 cm³/mol. The zero-order valence-corrected chi connectivity index (χ0v) is 15.7. The average Bonchev–Trinajstić information content (AvgIpc) is 2.86. The summed E-state index contributed by atoms with van der Waals surface area (Å²) in [5.74, 6) is 0.633. The molecule has 3 aromatic rings. The Hall–Kier alpha value is -3.29. The highest BCUT2D eigenvalue weighted by Gasteiger charge is 2.22. The van der Waals surface area contributed by atoms with Gasteiger partial charge in [-0.25, -0.2) is 9.48 Å². The third kappa shape index (κ3) is 3.85. The van der Waals surface area contributed by atoms with Crippen molar-refractivity contribution >= 4 is 5.91 Å². The summed E-state index contributed by atoms with van der Waals surface area (Å²) in [6, 6.07) is 7.37. The molecular weight excluding hydrogens is 356 g/mol. The van der Waals surface area contributed by atoms with Gasteiger partial charge in [-0.05, 0) is 43.5 Å². The van der Waals surface area contributed by atoms with Gasteiger partial charge in [0.2, 0.25) is 0 Å². The summed E-state index contributed by atoms with van der Waals surface area (Å²) in [5, 5.41) is 7.56. The molecule has 1 atom stereocenters. The molecule has 1 aliphatic rings. The lowest BCUT2D eigenvalue weighted by atomic mass is 10.1. The van der Waals surface area contributed by atoms with Crippen molar-refractivity contribution in [1.29, 1.82) is 0 Å². The van der Waals surface area contributed by atoms with E-state index in [0.29, 0.717) is 31.5 Å². The molecule has 1 unspecified atom stereocenters. The van der Waals surface area contributed by atoms with Crippen molar-refractivity contribution in [2.24, 2.45) is 0 Å². The maximum atomic E-state index is 12.7. The Morgan fingerprint density at radius 3 is 2.89 bits per heavy atom. The molecule has 144 valence electrons. The highest BCUT2D eigenvalue weighted by atomic mass is 16.2. The van der Waals surface area contributed by atoms with Crippen molar-refractivity contribution in [2.45, 2.75) is 45.3 Å². The zero-order chi connectivity index (χ0) is 19.5. The number of fused-ring (bicyclic) bond motifs is 1. The van der Waals surface area contributed by atoms with E-state index in [1.165, 1.54) is 4.68 Å². The lowest BCUT2D eigenvalue weighted by Gasteiger charge is -2.16. The number of aryl methyl sites for hydroxylation is 2. The second kappa shape index (κ2) is 7.75. The van der Waals surface area contributed by atoms with Crippen molar-refractivity contribution < 1.29 is 4.79 Å².